The molecule has 0 N–H and O–H groups in total. The maximum atomic E-state index is 5.56. The zero-order chi connectivity index (χ0) is 10.5. The predicted molar refractivity (Wildman–Crippen MR) is 60.4 cm³/mol. The molecule has 1 aromatic carbocycles. The van der Waals surface area contributed by atoms with Gasteiger partial charge in [0.25, 0.3) is 0 Å². The van der Waals surface area contributed by atoms with Crippen LogP contribution in [0.2, 0.25) is 10.0 Å². The second-order valence-electron chi connectivity index (χ2n) is 4.12. The summed E-state index contributed by atoms with van der Waals surface area (Å²) >= 11 is 11.1. The van der Waals surface area contributed by atoms with Crippen molar-refractivity contribution in [3.8, 4) is 0 Å². The summed E-state index contributed by atoms with van der Waals surface area (Å²) in [4.78, 5) is 0. The van der Waals surface area contributed by atoms with Crippen LogP contribution in [0.25, 0.3) is 0 Å². The van der Waals surface area contributed by atoms with Gasteiger partial charge in [-0.1, -0.05) is 29.3 Å². The van der Waals surface area contributed by atoms with E-state index in [2.05, 4.69) is 28.2 Å². The Bertz CT molecular complexity index is 230. The Morgan fingerprint density at radius 2 is 1.23 bits per heavy atom. The first-order valence-electron chi connectivity index (χ1n) is 3.99. The molecule has 0 atom stereocenters. The third-order valence-corrected chi connectivity index (χ3v) is 1.26. The zero-order valence-electron chi connectivity index (χ0n) is 8.51. The molecule has 1 aromatic rings. The average Bonchev–Trinajstić information content (AvgIpc) is 1.81. The highest BCUT2D eigenvalue weighted by Gasteiger charge is 1.88. The molecule has 74 valence electrons. The summed E-state index contributed by atoms with van der Waals surface area (Å²) in [5, 5.41) is 1.36. The minimum absolute atomic E-state index is 0.678. The van der Waals surface area contributed by atoms with Gasteiger partial charge >= 0.3 is 0 Å². The van der Waals surface area contributed by atoms with Crippen molar-refractivity contribution in [3.05, 3.63) is 34.3 Å². The largest absolute Gasteiger partial charge is 0.333 e. The Kier molecular flexibility index (Phi) is 5.38. The van der Waals surface area contributed by atoms with Crippen molar-refractivity contribution in [2.75, 3.05) is 28.2 Å². The Labute approximate surface area is 90.5 Å². The number of hydrogen-bond acceptors (Lipinski definition) is 0. The highest BCUT2D eigenvalue weighted by molar-refractivity contribution is 6.34. The molecular weight excluding hydrogens is 205 g/mol. The van der Waals surface area contributed by atoms with Crippen LogP contribution in [-0.4, -0.2) is 32.7 Å². The van der Waals surface area contributed by atoms with Crippen molar-refractivity contribution in [2.24, 2.45) is 0 Å². The van der Waals surface area contributed by atoms with Crippen molar-refractivity contribution in [1.29, 1.82) is 0 Å². The molecular formula is C10H16Cl2N+. The van der Waals surface area contributed by atoms with Crippen molar-refractivity contribution in [2.45, 2.75) is 0 Å². The predicted octanol–water partition coefficient (Wildman–Crippen LogP) is 3.32. The molecule has 0 unspecified atom stereocenters. The molecule has 0 saturated heterocycles. The van der Waals surface area contributed by atoms with Crippen LogP contribution in [0.15, 0.2) is 24.3 Å². The minimum atomic E-state index is 0.678. The van der Waals surface area contributed by atoms with Crippen LogP contribution >= 0.6 is 23.2 Å². The maximum absolute atomic E-state index is 5.56. The fraction of sp³-hybridized carbons (Fsp3) is 0.400. The summed E-state index contributed by atoms with van der Waals surface area (Å²) in [5.74, 6) is 0. The highest BCUT2D eigenvalue weighted by Crippen LogP contribution is 2.13. The quantitative estimate of drug-likeness (QED) is 0.589. The van der Waals surface area contributed by atoms with E-state index in [-0.39, 0.29) is 0 Å². The summed E-state index contributed by atoms with van der Waals surface area (Å²) in [7, 11) is 8.50. The monoisotopic (exact) mass is 220 g/mol. The molecule has 0 bridgehead atoms. The van der Waals surface area contributed by atoms with E-state index in [4.69, 9.17) is 23.2 Å². The van der Waals surface area contributed by atoms with Gasteiger partial charge in [-0.3, -0.25) is 0 Å². The SMILES string of the molecule is C[N+](C)(C)C.Clc1cccc(Cl)c1. The molecule has 0 aliphatic rings. The number of hydrogen-bond donors (Lipinski definition) is 0. The van der Waals surface area contributed by atoms with E-state index in [1.165, 1.54) is 0 Å². The van der Waals surface area contributed by atoms with Crippen molar-refractivity contribution < 1.29 is 4.48 Å². The number of rotatable bonds is 0. The van der Waals surface area contributed by atoms with E-state index in [9.17, 15) is 0 Å². The highest BCUT2D eigenvalue weighted by atomic mass is 35.5. The molecule has 1 rings (SSSR count). The fourth-order valence-electron chi connectivity index (χ4n) is 0.460. The third-order valence-electron chi connectivity index (χ3n) is 0.787. The first kappa shape index (κ1) is 12.8. The van der Waals surface area contributed by atoms with Gasteiger partial charge < -0.3 is 4.48 Å². The van der Waals surface area contributed by atoms with Crippen molar-refractivity contribution in [1.82, 2.24) is 0 Å². The normalized spacial score (nSPS) is 10.3. The molecule has 0 radical (unpaired) electrons. The Hall–Kier alpha value is -0.240. The average molecular weight is 221 g/mol. The standard InChI is InChI=1S/C6H4Cl2.C4H12N/c7-5-2-1-3-6(8)4-5;1-5(2,3)4/h1-4H;1-4H3/q;+1. The van der Waals surface area contributed by atoms with E-state index in [0.717, 1.165) is 4.48 Å². The van der Waals surface area contributed by atoms with Gasteiger partial charge in [0.15, 0.2) is 0 Å². The Morgan fingerprint density at radius 1 is 0.923 bits per heavy atom. The van der Waals surface area contributed by atoms with Crippen LogP contribution in [0.1, 0.15) is 0 Å². The van der Waals surface area contributed by atoms with E-state index in [1.54, 1.807) is 18.2 Å². The molecule has 3 heteroatoms. The van der Waals surface area contributed by atoms with Gasteiger partial charge in [-0.15, -0.1) is 0 Å². The van der Waals surface area contributed by atoms with Gasteiger partial charge in [-0.05, 0) is 18.2 Å². The van der Waals surface area contributed by atoms with Gasteiger partial charge in [0, 0.05) is 10.0 Å². The molecule has 13 heavy (non-hydrogen) atoms. The van der Waals surface area contributed by atoms with E-state index < -0.39 is 0 Å². The lowest BCUT2D eigenvalue weighted by molar-refractivity contribution is -0.849. The van der Waals surface area contributed by atoms with Crippen molar-refractivity contribution >= 4 is 23.2 Å². The molecule has 0 fully saturated rings. The second kappa shape index (κ2) is 5.48. The summed E-state index contributed by atoms with van der Waals surface area (Å²) < 4.78 is 1.00. The molecule has 0 saturated carbocycles. The lowest BCUT2D eigenvalue weighted by Crippen LogP contribution is -2.27. The number of nitrogens with zero attached hydrogens (tertiary/aromatic N) is 1. The lowest BCUT2D eigenvalue weighted by Gasteiger charge is -2.14. The Morgan fingerprint density at radius 3 is 1.38 bits per heavy atom. The molecule has 0 heterocycles. The summed E-state index contributed by atoms with van der Waals surface area (Å²) in [6, 6.07) is 7.08. The van der Waals surface area contributed by atoms with Crippen LogP contribution in [0, 0.1) is 0 Å². The van der Waals surface area contributed by atoms with Crippen LogP contribution in [0.4, 0.5) is 0 Å². The van der Waals surface area contributed by atoms with Gasteiger partial charge in [-0.2, -0.15) is 0 Å². The molecule has 0 aliphatic carbocycles. The van der Waals surface area contributed by atoms with Gasteiger partial charge in [0.05, 0.1) is 28.2 Å². The van der Waals surface area contributed by atoms with E-state index in [1.807, 2.05) is 6.07 Å². The number of halogens is 2. The molecule has 1 nitrogen and oxygen atoms in total. The fourth-order valence-corrected chi connectivity index (χ4v) is 0.896. The summed E-state index contributed by atoms with van der Waals surface area (Å²) in [6.07, 6.45) is 0. The van der Waals surface area contributed by atoms with E-state index in [0.29, 0.717) is 10.0 Å². The van der Waals surface area contributed by atoms with Crippen LogP contribution in [0.3, 0.4) is 0 Å². The van der Waals surface area contributed by atoms with Crippen LogP contribution in [-0.2, 0) is 0 Å². The summed E-state index contributed by atoms with van der Waals surface area (Å²) in [5.41, 5.74) is 0. The smallest absolute Gasteiger partial charge is 0.0675 e. The van der Waals surface area contributed by atoms with Gasteiger partial charge in [0.1, 0.15) is 0 Å². The summed E-state index contributed by atoms with van der Waals surface area (Å²) in [6.45, 7) is 0. The Balaban J connectivity index is 0.000000252. The van der Waals surface area contributed by atoms with Crippen molar-refractivity contribution in [3.63, 3.8) is 0 Å². The lowest BCUT2D eigenvalue weighted by atomic mass is 10.4. The minimum Gasteiger partial charge on any atom is -0.333 e. The van der Waals surface area contributed by atoms with Gasteiger partial charge in [0.2, 0.25) is 0 Å². The molecule has 0 aromatic heterocycles. The maximum Gasteiger partial charge on any atom is 0.0675 e. The number of quaternary nitrogens is 1. The number of benzene rings is 1. The molecule has 0 aliphatic heterocycles. The third kappa shape index (κ3) is 11.8. The van der Waals surface area contributed by atoms with Gasteiger partial charge in [-0.25, -0.2) is 0 Å². The molecule has 0 amide bonds. The second-order valence-corrected chi connectivity index (χ2v) is 5.00. The van der Waals surface area contributed by atoms with Crippen LogP contribution < -0.4 is 0 Å². The first-order valence-corrected chi connectivity index (χ1v) is 4.74. The van der Waals surface area contributed by atoms with E-state index >= 15 is 0 Å². The topological polar surface area (TPSA) is 0 Å². The van der Waals surface area contributed by atoms with Crippen LogP contribution in [0.5, 0.6) is 0 Å². The first-order chi connectivity index (χ1) is 5.79. The zero-order valence-corrected chi connectivity index (χ0v) is 10.0. The molecule has 0 spiro atoms.